The van der Waals surface area contributed by atoms with Gasteiger partial charge in [0.25, 0.3) is 0 Å². The molecule has 2 aromatic heterocycles. The van der Waals surface area contributed by atoms with Crippen LogP contribution in [-0.2, 0) is 37.1 Å². The van der Waals surface area contributed by atoms with Crippen LogP contribution in [0.4, 0.5) is 0 Å². The van der Waals surface area contributed by atoms with Crippen molar-refractivity contribution in [1.82, 2.24) is 14.5 Å². The predicted octanol–water partition coefficient (Wildman–Crippen LogP) is -8.17. The number of carbonyl (C=O) groups excluding carboxylic acids is 1. The van der Waals surface area contributed by atoms with Crippen molar-refractivity contribution < 1.29 is 80.2 Å². The summed E-state index contributed by atoms with van der Waals surface area (Å²) in [6.07, 6.45) is 1.77. The van der Waals surface area contributed by atoms with E-state index in [1.54, 1.807) is 13.1 Å². The summed E-state index contributed by atoms with van der Waals surface area (Å²) < 4.78 is 7.04. The average Bonchev–Trinajstić information content (AvgIpc) is 3.00. The van der Waals surface area contributed by atoms with Gasteiger partial charge in [-0.3, -0.25) is 9.78 Å². The van der Waals surface area contributed by atoms with Crippen molar-refractivity contribution in [3.63, 3.8) is 0 Å². The largest absolute Gasteiger partial charge is 4.00 e. The van der Waals surface area contributed by atoms with Crippen LogP contribution in [0, 0.1) is 0 Å². The number of imidazole rings is 1. The molecule has 0 bridgehead atoms. The number of aromatic nitrogens is 3. The van der Waals surface area contributed by atoms with E-state index in [2.05, 4.69) is 4.98 Å². The zero-order chi connectivity index (χ0) is 17.2. The summed E-state index contributed by atoms with van der Waals surface area (Å²) >= 11 is 0. The van der Waals surface area contributed by atoms with Gasteiger partial charge in [-0.1, -0.05) is 30.3 Å². The van der Waals surface area contributed by atoms with Gasteiger partial charge in [-0.25, -0.2) is 4.98 Å². The van der Waals surface area contributed by atoms with Crippen molar-refractivity contribution in [1.29, 1.82) is 0 Å². The SMILES string of the molecule is CCOC(=O)Cn1c(-c2cccc3cccnc23)nc2ccccc21.[Cl-].[Cl-].[Cl-].[Cl-].[Pt+4]. The summed E-state index contributed by atoms with van der Waals surface area (Å²) in [6, 6.07) is 17.7. The molecule has 162 valence electrons. The molecule has 0 saturated heterocycles. The summed E-state index contributed by atoms with van der Waals surface area (Å²) in [6.45, 7) is 2.28. The first-order chi connectivity index (χ1) is 12.3. The van der Waals surface area contributed by atoms with Crippen molar-refractivity contribution >= 4 is 27.9 Å². The Morgan fingerprint density at radius 3 is 2.40 bits per heavy atom. The van der Waals surface area contributed by atoms with Crippen molar-refractivity contribution in [2.75, 3.05) is 6.61 Å². The Bertz CT molecular complexity index is 1090. The fourth-order valence-corrected chi connectivity index (χ4v) is 3.06. The summed E-state index contributed by atoms with van der Waals surface area (Å²) in [4.78, 5) is 21.4. The third kappa shape index (κ3) is 6.09. The molecule has 0 N–H and O–H groups in total. The number of rotatable bonds is 4. The van der Waals surface area contributed by atoms with Gasteiger partial charge in [0, 0.05) is 17.1 Å². The van der Waals surface area contributed by atoms with E-state index >= 15 is 0 Å². The maximum atomic E-state index is 12.1. The molecule has 0 amide bonds. The maximum absolute atomic E-state index is 12.1. The minimum Gasteiger partial charge on any atom is -1.00 e. The normalized spacial score (nSPS) is 9.23. The fourth-order valence-electron chi connectivity index (χ4n) is 3.06. The van der Waals surface area contributed by atoms with Gasteiger partial charge in [0.1, 0.15) is 12.4 Å². The Morgan fingerprint density at radius 2 is 1.67 bits per heavy atom. The molecule has 0 unspecified atom stereocenters. The predicted molar refractivity (Wildman–Crippen MR) is 97.1 cm³/mol. The Hall–Kier alpha value is -1.36. The average molecular weight is 668 g/mol. The molecule has 0 aliphatic heterocycles. The van der Waals surface area contributed by atoms with Crippen LogP contribution in [0.2, 0.25) is 0 Å². The van der Waals surface area contributed by atoms with Crippen molar-refractivity contribution in [3.8, 4) is 11.4 Å². The van der Waals surface area contributed by atoms with E-state index in [1.165, 1.54) is 0 Å². The van der Waals surface area contributed by atoms with Gasteiger partial charge < -0.3 is 58.9 Å². The van der Waals surface area contributed by atoms with Crippen molar-refractivity contribution in [2.24, 2.45) is 0 Å². The summed E-state index contributed by atoms with van der Waals surface area (Å²) in [5, 5.41) is 1.04. The quantitative estimate of drug-likeness (QED) is 0.203. The number of hydrogen-bond acceptors (Lipinski definition) is 4. The van der Waals surface area contributed by atoms with Gasteiger partial charge in [0.15, 0.2) is 0 Å². The van der Waals surface area contributed by atoms with Gasteiger partial charge in [0.2, 0.25) is 0 Å². The van der Waals surface area contributed by atoms with Crippen LogP contribution in [0.1, 0.15) is 6.92 Å². The molecule has 2 aromatic carbocycles. The number of hydrogen-bond donors (Lipinski definition) is 0. The maximum Gasteiger partial charge on any atom is 4.00 e. The monoisotopic (exact) mass is 666 g/mol. The second-order valence-corrected chi connectivity index (χ2v) is 5.70. The molecule has 0 atom stereocenters. The molecule has 4 aromatic rings. The van der Waals surface area contributed by atoms with Gasteiger partial charge in [-0.05, 0) is 31.2 Å². The third-order valence-corrected chi connectivity index (χ3v) is 4.12. The van der Waals surface area contributed by atoms with Gasteiger partial charge in [-0.15, -0.1) is 0 Å². The van der Waals surface area contributed by atoms with E-state index in [-0.39, 0.29) is 83.2 Å². The summed E-state index contributed by atoms with van der Waals surface area (Å²) in [7, 11) is 0. The van der Waals surface area contributed by atoms with E-state index in [0.717, 1.165) is 33.3 Å². The zero-order valence-electron chi connectivity index (χ0n) is 15.7. The topological polar surface area (TPSA) is 57.0 Å². The fraction of sp³-hybridized carbons (Fsp3) is 0.150. The standard InChI is InChI=1S/C20H17N3O2.4ClH.Pt/c1-2-25-18(24)13-23-17-11-4-3-10-16(17)22-20(23)15-9-5-7-14-8-6-12-21-19(14)15;;;;;/h3-12H,2,13H2,1H3;4*1H;/q;;;;;+4/p-4. The number of carbonyl (C=O) groups is 1. The number of ether oxygens (including phenoxy) is 1. The summed E-state index contributed by atoms with van der Waals surface area (Å²) in [5.74, 6) is 0.443. The van der Waals surface area contributed by atoms with Gasteiger partial charge in [0.05, 0.1) is 23.2 Å². The molecule has 2 heterocycles. The van der Waals surface area contributed by atoms with E-state index in [4.69, 9.17) is 9.72 Å². The molecule has 0 saturated carbocycles. The van der Waals surface area contributed by atoms with Gasteiger partial charge in [-0.2, -0.15) is 0 Å². The molecular weight excluding hydrogens is 651 g/mol. The number of pyridine rings is 1. The number of nitrogens with zero attached hydrogens (tertiary/aromatic N) is 3. The number of para-hydroxylation sites is 3. The van der Waals surface area contributed by atoms with Crippen LogP contribution in [-0.4, -0.2) is 27.1 Å². The Labute approximate surface area is 213 Å². The number of fused-ring (bicyclic) bond motifs is 2. The van der Waals surface area contributed by atoms with Crippen LogP contribution >= 0.6 is 0 Å². The number of benzene rings is 2. The van der Waals surface area contributed by atoms with Crippen LogP contribution in [0.5, 0.6) is 0 Å². The van der Waals surface area contributed by atoms with E-state index in [1.807, 2.05) is 59.2 Å². The molecule has 10 heteroatoms. The Morgan fingerprint density at radius 1 is 0.967 bits per heavy atom. The van der Waals surface area contributed by atoms with Gasteiger partial charge >= 0.3 is 27.0 Å². The molecule has 0 spiro atoms. The second-order valence-electron chi connectivity index (χ2n) is 5.70. The Balaban J connectivity index is 0. The smallest absolute Gasteiger partial charge is 1.00 e. The molecule has 0 aliphatic carbocycles. The molecule has 0 aliphatic rings. The van der Waals surface area contributed by atoms with Crippen LogP contribution < -0.4 is 49.6 Å². The minimum absolute atomic E-state index is 0. The molecule has 5 nitrogen and oxygen atoms in total. The van der Waals surface area contributed by atoms with E-state index < -0.39 is 0 Å². The van der Waals surface area contributed by atoms with Crippen LogP contribution in [0.15, 0.2) is 60.8 Å². The molecular formula is C20H17Cl4N3O2Pt. The van der Waals surface area contributed by atoms with Crippen molar-refractivity contribution in [2.45, 2.75) is 13.5 Å². The van der Waals surface area contributed by atoms with Crippen LogP contribution in [0.25, 0.3) is 33.3 Å². The molecule has 30 heavy (non-hydrogen) atoms. The zero-order valence-corrected chi connectivity index (χ0v) is 21.0. The van der Waals surface area contributed by atoms with E-state index in [0.29, 0.717) is 6.61 Å². The second kappa shape index (κ2) is 13.8. The molecule has 4 rings (SSSR count). The number of esters is 1. The third-order valence-electron chi connectivity index (χ3n) is 4.12. The first kappa shape index (κ1) is 30.8. The first-order valence-electron chi connectivity index (χ1n) is 8.23. The van der Waals surface area contributed by atoms with Crippen LogP contribution in [0.3, 0.4) is 0 Å². The molecule has 0 radical (unpaired) electrons. The number of halogens is 4. The molecule has 0 fully saturated rings. The first-order valence-corrected chi connectivity index (χ1v) is 8.23. The van der Waals surface area contributed by atoms with E-state index in [9.17, 15) is 4.79 Å². The van der Waals surface area contributed by atoms with Crippen molar-refractivity contribution in [3.05, 3.63) is 60.8 Å². The summed E-state index contributed by atoms with van der Waals surface area (Å²) in [5.41, 5.74) is 3.51. The minimum atomic E-state index is -0.278. The Kier molecular flexibility index (Phi) is 14.2.